The highest BCUT2D eigenvalue weighted by molar-refractivity contribution is 9.10. The van der Waals surface area contributed by atoms with Gasteiger partial charge in [0.15, 0.2) is 0 Å². The van der Waals surface area contributed by atoms with E-state index in [4.69, 9.17) is 0 Å². The van der Waals surface area contributed by atoms with Crippen molar-refractivity contribution in [3.63, 3.8) is 0 Å². The number of Topliss-reactive ketones (excluding diaryl/α,β-unsaturated/α-hetero) is 1. The van der Waals surface area contributed by atoms with Crippen LogP contribution in [0.3, 0.4) is 0 Å². The lowest BCUT2D eigenvalue weighted by Crippen LogP contribution is -2.08. The lowest BCUT2D eigenvalue weighted by Gasteiger charge is -2.07. The molecule has 0 fully saturated rings. The van der Waals surface area contributed by atoms with E-state index in [9.17, 15) is 13.6 Å². The van der Waals surface area contributed by atoms with Crippen LogP contribution in [0.1, 0.15) is 23.1 Å². The molecule has 0 saturated carbocycles. The maximum Gasteiger partial charge on any atom is 0.143 e. The van der Waals surface area contributed by atoms with Gasteiger partial charge in [0.2, 0.25) is 0 Å². The third-order valence-electron chi connectivity index (χ3n) is 3.45. The summed E-state index contributed by atoms with van der Waals surface area (Å²) in [4.78, 5) is 12.0. The molecule has 0 N–H and O–H groups in total. The molecule has 0 aromatic heterocycles. The number of ketones is 1. The van der Waals surface area contributed by atoms with Crippen LogP contribution >= 0.6 is 15.9 Å². The summed E-state index contributed by atoms with van der Waals surface area (Å²) >= 11 is 3.00. The molecular formula is C17H15BrF2O. The number of rotatable bonds is 5. The van der Waals surface area contributed by atoms with E-state index >= 15 is 0 Å². The summed E-state index contributed by atoms with van der Waals surface area (Å²) < 4.78 is 27.6. The van der Waals surface area contributed by atoms with E-state index < -0.39 is 11.6 Å². The number of carbonyl (C=O) groups excluding carboxylic acids is 1. The van der Waals surface area contributed by atoms with Gasteiger partial charge >= 0.3 is 0 Å². The molecule has 4 heteroatoms. The monoisotopic (exact) mass is 352 g/mol. The molecule has 0 amide bonds. The van der Waals surface area contributed by atoms with Gasteiger partial charge in [-0.1, -0.05) is 24.3 Å². The second-order valence-electron chi connectivity index (χ2n) is 4.96. The quantitative estimate of drug-likeness (QED) is 0.707. The fourth-order valence-electron chi connectivity index (χ4n) is 2.18. The van der Waals surface area contributed by atoms with Gasteiger partial charge in [0, 0.05) is 18.4 Å². The molecule has 0 spiro atoms. The molecule has 0 aliphatic carbocycles. The van der Waals surface area contributed by atoms with Crippen LogP contribution in [0.25, 0.3) is 0 Å². The molecular weight excluding hydrogens is 338 g/mol. The predicted molar refractivity (Wildman–Crippen MR) is 82.3 cm³/mol. The standard InChI is InChI=1S/C17H15BrF2O/c1-11-4-2-3-5-12(11)6-7-13(21)10-14-16(19)9-8-15(18)17(14)20/h2-5,8-9H,6-7,10H2,1H3. The lowest BCUT2D eigenvalue weighted by molar-refractivity contribution is -0.118. The summed E-state index contributed by atoms with van der Waals surface area (Å²) in [5.74, 6) is -1.55. The van der Waals surface area contributed by atoms with Crippen molar-refractivity contribution in [3.8, 4) is 0 Å². The minimum atomic E-state index is -0.695. The Labute approximate surface area is 131 Å². The zero-order chi connectivity index (χ0) is 15.4. The average molecular weight is 353 g/mol. The Morgan fingerprint density at radius 2 is 1.86 bits per heavy atom. The van der Waals surface area contributed by atoms with Crippen molar-refractivity contribution in [1.82, 2.24) is 0 Å². The molecule has 0 radical (unpaired) electrons. The van der Waals surface area contributed by atoms with E-state index in [1.54, 1.807) is 0 Å². The second kappa shape index (κ2) is 6.94. The van der Waals surface area contributed by atoms with Gasteiger partial charge in [-0.3, -0.25) is 4.79 Å². The van der Waals surface area contributed by atoms with Gasteiger partial charge in [0.1, 0.15) is 17.4 Å². The number of aryl methyl sites for hydroxylation is 2. The Kier molecular flexibility index (Phi) is 5.23. The van der Waals surface area contributed by atoms with Crippen molar-refractivity contribution in [2.45, 2.75) is 26.2 Å². The highest BCUT2D eigenvalue weighted by Gasteiger charge is 2.16. The van der Waals surface area contributed by atoms with Crippen LogP contribution in [0.15, 0.2) is 40.9 Å². The van der Waals surface area contributed by atoms with Crippen molar-refractivity contribution >= 4 is 21.7 Å². The molecule has 0 aliphatic heterocycles. The minimum absolute atomic E-state index is 0.167. The summed E-state index contributed by atoms with van der Waals surface area (Å²) in [7, 11) is 0. The van der Waals surface area contributed by atoms with Gasteiger partial charge in [0.05, 0.1) is 4.47 Å². The Balaban J connectivity index is 2.03. The minimum Gasteiger partial charge on any atom is -0.299 e. The van der Waals surface area contributed by atoms with E-state index in [2.05, 4.69) is 15.9 Å². The van der Waals surface area contributed by atoms with Crippen molar-refractivity contribution in [3.05, 3.63) is 69.2 Å². The molecule has 2 aromatic carbocycles. The van der Waals surface area contributed by atoms with Gasteiger partial charge in [-0.15, -0.1) is 0 Å². The molecule has 0 bridgehead atoms. The molecule has 2 rings (SSSR count). The average Bonchev–Trinajstić information content (AvgIpc) is 2.47. The fourth-order valence-corrected chi connectivity index (χ4v) is 2.55. The Morgan fingerprint density at radius 3 is 2.57 bits per heavy atom. The number of halogens is 3. The molecule has 0 heterocycles. The van der Waals surface area contributed by atoms with Gasteiger partial charge < -0.3 is 0 Å². The Morgan fingerprint density at radius 1 is 1.14 bits per heavy atom. The predicted octanol–water partition coefficient (Wildman–Crippen LogP) is 4.78. The third-order valence-corrected chi connectivity index (χ3v) is 4.06. The third kappa shape index (κ3) is 3.97. The first-order valence-electron chi connectivity index (χ1n) is 6.67. The normalized spacial score (nSPS) is 10.7. The number of hydrogen-bond acceptors (Lipinski definition) is 1. The topological polar surface area (TPSA) is 17.1 Å². The van der Waals surface area contributed by atoms with Crippen LogP contribution in [-0.2, 0) is 17.6 Å². The summed E-state index contributed by atoms with van der Waals surface area (Å²) in [5.41, 5.74) is 2.03. The second-order valence-corrected chi connectivity index (χ2v) is 5.82. The maximum absolute atomic E-state index is 13.8. The summed E-state index contributed by atoms with van der Waals surface area (Å²) in [5, 5.41) is 0. The molecule has 0 aliphatic rings. The van der Waals surface area contributed by atoms with Crippen molar-refractivity contribution in [2.24, 2.45) is 0 Å². The largest absolute Gasteiger partial charge is 0.299 e. The molecule has 1 nitrogen and oxygen atoms in total. The summed E-state index contributed by atoms with van der Waals surface area (Å²) in [6.45, 7) is 1.98. The van der Waals surface area contributed by atoms with E-state index in [1.165, 1.54) is 6.07 Å². The SMILES string of the molecule is Cc1ccccc1CCC(=O)Cc1c(F)ccc(Br)c1F. The number of benzene rings is 2. The maximum atomic E-state index is 13.8. The van der Waals surface area contributed by atoms with Gasteiger partial charge in [-0.2, -0.15) is 0 Å². The van der Waals surface area contributed by atoms with Crippen LogP contribution in [0.4, 0.5) is 8.78 Å². The zero-order valence-electron chi connectivity index (χ0n) is 11.6. The van der Waals surface area contributed by atoms with Gasteiger partial charge in [-0.05, 0) is 52.5 Å². The van der Waals surface area contributed by atoms with E-state index in [0.29, 0.717) is 6.42 Å². The molecule has 0 atom stereocenters. The first-order valence-corrected chi connectivity index (χ1v) is 7.47. The first kappa shape index (κ1) is 15.8. The van der Waals surface area contributed by atoms with Crippen molar-refractivity contribution < 1.29 is 13.6 Å². The zero-order valence-corrected chi connectivity index (χ0v) is 13.2. The van der Waals surface area contributed by atoms with Gasteiger partial charge in [0.25, 0.3) is 0 Å². The number of carbonyl (C=O) groups is 1. The van der Waals surface area contributed by atoms with E-state index in [-0.39, 0.29) is 28.7 Å². The van der Waals surface area contributed by atoms with Crippen molar-refractivity contribution in [2.75, 3.05) is 0 Å². The molecule has 110 valence electrons. The van der Waals surface area contributed by atoms with Crippen LogP contribution in [0.2, 0.25) is 0 Å². The summed E-state index contributed by atoms with van der Waals surface area (Å²) in [6, 6.07) is 10.3. The van der Waals surface area contributed by atoms with Crippen molar-refractivity contribution in [1.29, 1.82) is 0 Å². The lowest BCUT2D eigenvalue weighted by atomic mass is 9.99. The highest BCUT2D eigenvalue weighted by atomic mass is 79.9. The molecule has 21 heavy (non-hydrogen) atoms. The molecule has 0 saturated heterocycles. The van der Waals surface area contributed by atoms with Crippen LogP contribution in [0, 0.1) is 18.6 Å². The Bertz CT molecular complexity index is 668. The van der Waals surface area contributed by atoms with Gasteiger partial charge in [-0.25, -0.2) is 8.78 Å². The molecule has 2 aromatic rings. The molecule has 0 unspecified atom stereocenters. The van der Waals surface area contributed by atoms with Crippen LogP contribution in [-0.4, -0.2) is 5.78 Å². The first-order chi connectivity index (χ1) is 9.99. The van der Waals surface area contributed by atoms with E-state index in [1.807, 2.05) is 31.2 Å². The van der Waals surface area contributed by atoms with E-state index in [0.717, 1.165) is 17.2 Å². The summed E-state index contributed by atoms with van der Waals surface area (Å²) in [6.07, 6.45) is 0.641. The Hall–Kier alpha value is -1.55. The van der Waals surface area contributed by atoms with Crippen LogP contribution in [0.5, 0.6) is 0 Å². The smallest absolute Gasteiger partial charge is 0.143 e. The number of hydrogen-bond donors (Lipinski definition) is 0. The van der Waals surface area contributed by atoms with Crippen LogP contribution < -0.4 is 0 Å². The fraction of sp³-hybridized carbons (Fsp3) is 0.235. The highest BCUT2D eigenvalue weighted by Crippen LogP contribution is 2.22.